The maximum atomic E-state index is 11.7. The van der Waals surface area contributed by atoms with E-state index in [1.165, 1.54) is 0 Å². The first-order valence-corrected chi connectivity index (χ1v) is 6.40. The summed E-state index contributed by atoms with van der Waals surface area (Å²) in [6.45, 7) is 6.39. The molecule has 0 amide bonds. The Kier molecular flexibility index (Phi) is 5.62. The van der Waals surface area contributed by atoms with E-state index in [-0.39, 0.29) is 24.2 Å². The molecule has 0 bridgehead atoms. The molecule has 0 spiro atoms. The van der Waals surface area contributed by atoms with Crippen molar-refractivity contribution in [1.29, 1.82) is 0 Å². The van der Waals surface area contributed by atoms with Crippen LogP contribution in [-0.2, 0) is 16.1 Å². The Balaban J connectivity index is 2.48. The number of hydrogen-bond donors (Lipinski definition) is 0. The van der Waals surface area contributed by atoms with Gasteiger partial charge in [0.1, 0.15) is 6.54 Å². The van der Waals surface area contributed by atoms with Crippen LogP contribution < -0.4 is 0 Å². The first-order chi connectivity index (χ1) is 8.54. The molecule has 4 nitrogen and oxygen atoms in total. The molecule has 0 saturated carbocycles. The summed E-state index contributed by atoms with van der Waals surface area (Å²) < 4.78 is 6.74. The van der Waals surface area contributed by atoms with E-state index in [4.69, 9.17) is 4.74 Å². The standard InChI is InChI=1S/C14H21NO3/c1-4-5-8-18-13(16)10-15-7-6-12(9-15)14(17)11(2)3/h6-7,9,11H,4-5,8,10H2,1-3H3. The number of hydrogen-bond acceptors (Lipinski definition) is 3. The first kappa shape index (κ1) is 14.5. The minimum Gasteiger partial charge on any atom is -0.464 e. The zero-order valence-electron chi connectivity index (χ0n) is 11.3. The topological polar surface area (TPSA) is 48.3 Å². The Morgan fingerprint density at radius 2 is 2.11 bits per heavy atom. The van der Waals surface area contributed by atoms with Crippen LogP contribution in [0.5, 0.6) is 0 Å². The van der Waals surface area contributed by atoms with Crippen molar-refractivity contribution in [2.24, 2.45) is 5.92 Å². The van der Waals surface area contributed by atoms with Crippen LogP contribution in [0.15, 0.2) is 18.5 Å². The number of carbonyl (C=O) groups excluding carboxylic acids is 2. The molecule has 0 aliphatic rings. The fourth-order valence-corrected chi connectivity index (χ4v) is 1.54. The van der Waals surface area contributed by atoms with Gasteiger partial charge >= 0.3 is 5.97 Å². The van der Waals surface area contributed by atoms with Crippen molar-refractivity contribution in [2.75, 3.05) is 6.61 Å². The molecule has 0 aliphatic carbocycles. The van der Waals surface area contributed by atoms with Gasteiger partial charge in [-0.25, -0.2) is 0 Å². The highest BCUT2D eigenvalue weighted by Crippen LogP contribution is 2.09. The predicted molar refractivity (Wildman–Crippen MR) is 69.5 cm³/mol. The lowest BCUT2D eigenvalue weighted by atomic mass is 10.0. The SMILES string of the molecule is CCCCOC(=O)Cn1ccc(C(=O)C(C)C)c1. The van der Waals surface area contributed by atoms with Gasteiger partial charge in [-0.15, -0.1) is 0 Å². The monoisotopic (exact) mass is 251 g/mol. The summed E-state index contributed by atoms with van der Waals surface area (Å²) in [5.74, 6) is -0.201. The Morgan fingerprint density at radius 3 is 2.72 bits per heavy atom. The number of ketones is 1. The van der Waals surface area contributed by atoms with Crippen molar-refractivity contribution in [3.05, 3.63) is 24.0 Å². The quantitative estimate of drug-likeness (QED) is 0.425. The smallest absolute Gasteiger partial charge is 0.325 e. The summed E-state index contributed by atoms with van der Waals surface area (Å²) in [5.41, 5.74) is 0.645. The summed E-state index contributed by atoms with van der Waals surface area (Å²) in [5, 5.41) is 0. The Morgan fingerprint density at radius 1 is 1.39 bits per heavy atom. The normalized spacial score (nSPS) is 10.7. The number of nitrogens with zero attached hydrogens (tertiary/aromatic N) is 1. The highest BCUT2D eigenvalue weighted by Gasteiger charge is 2.12. The molecule has 0 unspecified atom stereocenters. The molecule has 1 aromatic rings. The minimum atomic E-state index is -0.261. The van der Waals surface area contributed by atoms with Crippen molar-refractivity contribution in [3.8, 4) is 0 Å². The molecule has 4 heteroatoms. The average molecular weight is 251 g/mol. The maximum Gasteiger partial charge on any atom is 0.325 e. The summed E-state index contributed by atoms with van der Waals surface area (Å²) in [6, 6.07) is 1.74. The average Bonchev–Trinajstić information content (AvgIpc) is 2.76. The van der Waals surface area contributed by atoms with Crippen LogP contribution >= 0.6 is 0 Å². The van der Waals surface area contributed by atoms with E-state index < -0.39 is 0 Å². The largest absolute Gasteiger partial charge is 0.464 e. The van der Waals surface area contributed by atoms with Gasteiger partial charge in [0, 0.05) is 23.9 Å². The van der Waals surface area contributed by atoms with Gasteiger partial charge in [0.15, 0.2) is 5.78 Å². The van der Waals surface area contributed by atoms with Crippen LogP contribution in [0.25, 0.3) is 0 Å². The van der Waals surface area contributed by atoms with Crippen molar-refractivity contribution < 1.29 is 14.3 Å². The Labute approximate surface area is 108 Å². The molecule has 0 aliphatic heterocycles. The number of carbonyl (C=O) groups is 2. The fourth-order valence-electron chi connectivity index (χ4n) is 1.54. The summed E-state index contributed by atoms with van der Waals surface area (Å²) in [6.07, 6.45) is 5.32. The predicted octanol–water partition coefficient (Wildman–Crippen LogP) is 2.67. The second-order valence-electron chi connectivity index (χ2n) is 4.67. The third-order valence-electron chi connectivity index (χ3n) is 2.63. The van der Waals surface area contributed by atoms with Crippen molar-refractivity contribution in [1.82, 2.24) is 4.57 Å². The van der Waals surface area contributed by atoms with Gasteiger partial charge in [0.2, 0.25) is 0 Å². The van der Waals surface area contributed by atoms with Crippen LogP contribution in [0.1, 0.15) is 44.0 Å². The molecule has 0 fully saturated rings. The Bertz CT molecular complexity index is 407. The molecule has 1 aromatic heterocycles. The van der Waals surface area contributed by atoms with E-state index in [1.807, 2.05) is 20.8 Å². The molecule has 0 saturated heterocycles. The lowest BCUT2D eigenvalue weighted by molar-refractivity contribution is -0.144. The van der Waals surface area contributed by atoms with E-state index in [0.29, 0.717) is 12.2 Å². The second kappa shape index (κ2) is 6.99. The molecule has 0 N–H and O–H groups in total. The molecule has 100 valence electrons. The molecule has 18 heavy (non-hydrogen) atoms. The van der Waals surface area contributed by atoms with Gasteiger partial charge in [0.25, 0.3) is 0 Å². The molecular formula is C14H21NO3. The van der Waals surface area contributed by atoms with Crippen LogP contribution in [0.2, 0.25) is 0 Å². The van der Waals surface area contributed by atoms with Gasteiger partial charge in [-0.05, 0) is 12.5 Å². The highest BCUT2D eigenvalue weighted by atomic mass is 16.5. The third-order valence-corrected chi connectivity index (χ3v) is 2.63. The van der Waals surface area contributed by atoms with Crippen molar-refractivity contribution in [2.45, 2.75) is 40.2 Å². The summed E-state index contributed by atoms with van der Waals surface area (Å²) in [7, 11) is 0. The van der Waals surface area contributed by atoms with Gasteiger partial charge < -0.3 is 9.30 Å². The lowest BCUT2D eigenvalue weighted by Crippen LogP contribution is -2.13. The zero-order valence-corrected chi connectivity index (χ0v) is 11.3. The maximum absolute atomic E-state index is 11.7. The number of unbranched alkanes of at least 4 members (excludes halogenated alkanes) is 1. The minimum absolute atomic E-state index is 0.0302. The number of esters is 1. The first-order valence-electron chi connectivity index (χ1n) is 6.40. The van der Waals surface area contributed by atoms with E-state index in [1.54, 1.807) is 23.0 Å². The molecule has 0 atom stereocenters. The summed E-state index contributed by atoms with van der Waals surface area (Å²) >= 11 is 0. The Hall–Kier alpha value is -1.58. The number of Topliss-reactive ketones (excluding diaryl/α,β-unsaturated/α-hetero) is 1. The van der Waals surface area contributed by atoms with E-state index in [9.17, 15) is 9.59 Å². The highest BCUT2D eigenvalue weighted by molar-refractivity contribution is 5.97. The van der Waals surface area contributed by atoms with Crippen molar-refractivity contribution >= 4 is 11.8 Å². The van der Waals surface area contributed by atoms with Gasteiger partial charge in [-0.1, -0.05) is 27.2 Å². The second-order valence-corrected chi connectivity index (χ2v) is 4.67. The van der Waals surface area contributed by atoms with E-state index >= 15 is 0 Å². The fraction of sp³-hybridized carbons (Fsp3) is 0.571. The van der Waals surface area contributed by atoms with Gasteiger partial charge in [-0.3, -0.25) is 9.59 Å². The van der Waals surface area contributed by atoms with Crippen LogP contribution in [0.4, 0.5) is 0 Å². The zero-order chi connectivity index (χ0) is 13.5. The molecule has 1 rings (SSSR count). The van der Waals surface area contributed by atoms with Crippen LogP contribution in [-0.4, -0.2) is 22.9 Å². The van der Waals surface area contributed by atoms with E-state index in [0.717, 1.165) is 12.8 Å². The van der Waals surface area contributed by atoms with Gasteiger partial charge in [0.05, 0.1) is 6.61 Å². The molecule has 0 aromatic carbocycles. The summed E-state index contributed by atoms with van der Waals surface area (Å²) in [4.78, 5) is 23.2. The molecular weight excluding hydrogens is 230 g/mol. The third kappa shape index (κ3) is 4.35. The number of aromatic nitrogens is 1. The van der Waals surface area contributed by atoms with Crippen LogP contribution in [0.3, 0.4) is 0 Å². The van der Waals surface area contributed by atoms with E-state index in [2.05, 4.69) is 0 Å². The molecule has 1 heterocycles. The number of rotatable bonds is 7. The van der Waals surface area contributed by atoms with Crippen molar-refractivity contribution in [3.63, 3.8) is 0 Å². The lowest BCUT2D eigenvalue weighted by Gasteiger charge is -2.04. The van der Waals surface area contributed by atoms with Gasteiger partial charge in [-0.2, -0.15) is 0 Å². The van der Waals surface area contributed by atoms with Crippen LogP contribution in [0, 0.1) is 5.92 Å². The molecule has 0 radical (unpaired) electrons. The number of ether oxygens (including phenoxy) is 1.